The van der Waals surface area contributed by atoms with Gasteiger partial charge in [-0.05, 0) is 61.1 Å². The zero-order valence-corrected chi connectivity index (χ0v) is 27.4. The van der Waals surface area contributed by atoms with E-state index in [1.165, 1.54) is 11.3 Å². The molecule has 2 atom stereocenters. The molecule has 0 aromatic heterocycles. The topological polar surface area (TPSA) is 91.4 Å². The lowest BCUT2D eigenvalue weighted by molar-refractivity contribution is -0.128. The number of morpholine rings is 1. The molecule has 0 bridgehead atoms. The summed E-state index contributed by atoms with van der Waals surface area (Å²) in [7, 11) is 0. The van der Waals surface area contributed by atoms with Crippen molar-refractivity contribution in [2.24, 2.45) is 0 Å². The van der Waals surface area contributed by atoms with E-state index in [-0.39, 0.29) is 35.4 Å². The summed E-state index contributed by atoms with van der Waals surface area (Å²) in [6, 6.07) is 17.8. The van der Waals surface area contributed by atoms with Crippen LogP contribution in [-0.2, 0) is 14.3 Å². The first-order chi connectivity index (χ1) is 22.3. The fourth-order valence-electron chi connectivity index (χ4n) is 6.30. The van der Waals surface area contributed by atoms with Gasteiger partial charge in [-0.25, -0.2) is 0 Å². The molecule has 3 aromatic carbocycles. The Balaban J connectivity index is 1.22. The number of halogens is 2. The van der Waals surface area contributed by atoms with Crippen molar-refractivity contribution in [1.29, 1.82) is 0 Å². The second-order valence-electron chi connectivity index (χ2n) is 12.0. The highest BCUT2D eigenvalue weighted by atomic mass is 35.5. The smallest absolute Gasteiger partial charge is 0.265 e. The lowest BCUT2D eigenvalue weighted by atomic mass is 9.98. The van der Waals surface area contributed by atoms with Crippen LogP contribution in [-0.4, -0.2) is 86.1 Å². The summed E-state index contributed by atoms with van der Waals surface area (Å²) in [6.07, 6.45) is 3.27. The van der Waals surface area contributed by atoms with Gasteiger partial charge in [0.1, 0.15) is 11.8 Å². The lowest BCUT2D eigenvalue weighted by Crippen LogP contribution is -2.53. The predicted molar refractivity (Wildman–Crippen MR) is 179 cm³/mol. The van der Waals surface area contributed by atoms with Crippen molar-refractivity contribution in [2.45, 2.75) is 38.3 Å². The molecule has 3 aliphatic heterocycles. The largest absolute Gasteiger partial charge is 0.482 e. The molecule has 242 valence electrons. The van der Waals surface area contributed by atoms with Crippen LogP contribution in [0.4, 0.5) is 5.69 Å². The lowest BCUT2D eigenvalue weighted by Gasteiger charge is -2.35. The third kappa shape index (κ3) is 7.18. The van der Waals surface area contributed by atoms with E-state index in [0.717, 1.165) is 55.7 Å². The molecular formula is C35H38Cl2N4O5. The average Bonchev–Trinajstić information content (AvgIpc) is 3.09. The second kappa shape index (κ2) is 14.4. The molecule has 3 aromatic rings. The molecular weight excluding hydrogens is 627 g/mol. The summed E-state index contributed by atoms with van der Waals surface area (Å²) < 4.78 is 11.1. The molecule has 0 radical (unpaired) electrons. The first-order valence-corrected chi connectivity index (χ1v) is 16.6. The van der Waals surface area contributed by atoms with Crippen LogP contribution in [0.15, 0.2) is 60.7 Å². The Hall–Kier alpha value is -3.63. The molecule has 2 fully saturated rings. The second-order valence-corrected chi connectivity index (χ2v) is 12.8. The van der Waals surface area contributed by atoms with Crippen LogP contribution in [0.5, 0.6) is 5.75 Å². The number of benzene rings is 3. The van der Waals surface area contributed by atoms with Gasteiger partial charge >= 0.3 is 0 Å². The van der Waals surface area contributed by atoms with Crippen molar-refractivity contribution in [2.75, 3.05) is 57.4 Å². The number of hydrogen-bond donors (Lipinski definition) is 1. The summed E-state index contributed by atoms with van der Waals surface area (Å²) in [4.78, 5) is 45.6. The Bertz CT molecular complexity index is 1590. The fraction of sp³-hybridized carbons (Fsp3) is 0.400. The number of carbonyl (C=O) groups excluding carboxylic acids is 3. The molecule has 0 saturated carbocycles. The van der Waals surface area contributed by atoms with Gasteiger partial charge in [0.2, 0.25) is 5.91 Å². The molecule has 0 spiro atoms. The number of fused-ring (bicyclic) bond motifs is 1. The summed E-state index contributed by atoms with van der Waals surface area (Å²) in [6.45, 7) is 6.45. The van der Waals surface area contributed by atoms with Gasteiger partial charge in [0.05, 0.1) is 35.0 Å². The van der Waals surface area contributed by atoms with Gasteiger partial charge in [0.25, 0.3) is 11.8 Å². The zero-order valence-electron chi connectivity index (χ0n) is 25.8. The van der Waals surface area contributed by atoms with Crippen LogP contribution in [0.3, 0.4) is 0 Å². The van der Waals surface area contributed by atoms with E-state index < -0.39 is 6.04 Å². The van der Waals surface area contributed by atoms with Crippen LogP contribution in [0.2, 0.25) is 10.0 Å². The van der Waals surface area contributed by atoms with Crippen molar-refractivity contribution in [1.82, 2.24) is 15.1 Å². The highest BCUT2D eigenvalue weighted by molar-refractivity contribution is 6.42. The number of carbonyl (C=O) groups is 3. The first kappa shape index (κ1) is 32.3. The van der Waals surface area contributed by atoms with E-state index in [1.807, 2.05) is 53.4 Å². The Kier molecular flexibility index (Phi) is 10.1. The third-order valence-electron chi connectivity index (χ3n) is 8.91. The Morgan fingerprint density at radius 2 is 1.61 bits per heavy atom. The van der Waals surface area contributed by atoms with E-state index >= 15 is 0 Å². The van der Waals surface area contributed by atoms with Gasteiger partial charge in [-0.3, -0.25) is 24.2 Å². The van der Waals surface area contributed by atoms with Gasteiger partial charge in [-0.1, -0.05) is 59.6 Å². The van der Waals surface area contributed by atoms with E-state index in [2.05, 4.69) is 10.2 Å². The number of likely N-dealkylation sites (tertiary alicyclic amines) is 1. The molecule has 6 rings (SSSR count). The quantitative estimate of drug-likeness (QED) is 0.338. The summed E-state index contributed by atoms with van der Waals surface area (Å²) in [5, 5.41) is 3.78. The fourth-order valence-corrected chi connectivity index (χ4v) is 6.61. The van der Waals surface area contributed by atoms with Crippen LogP contribution < -0.4 is 15.0 Å². The molecule has 46 heavy (non-hydrogen) atoms. The predicted octanol–water partition coefficient (Wildman–Crippen LogP) is 5.59. The van der Waals surface area contributed by atoms with Crippen LogP contribution in [0.1, 0.15) is 48.1 Å². The number of rotatable bonds is 8. The van der Waals surface area contributed by atoms with Gasteiger partial charge in [0, 0.05) is 44.4 Å². The van der Waals surface area contributed by atoms with E-state index in [0.29, 0.717) is 41.8 Å². The number of nitrogens with zero attached hydrogens (tertiary/aromatic N) is 3. The Labute approximate surface area is 279 Å². The minimum atomic E-state index is -0.834. The van der Waals surface area contributed by atoms with Gasteiger partial charge in [0.15, 0.2) is 6.61 Å². The van der Waals surface area contributed by atoms with Crippen molar-refractivity contribution in [3.05, 3.63) is 81.8 Å². The number of hydrogen-bond acceptors (Lipinski definition) is 6. The van der Waals surface area contributed by atoms with Crippen molar-refractivity contribution < 1.29 is 23.9 Å². The maximum absolute atomic E-state index is 13.8. The molecule has 11 heteroatoms. The SMILES string of the molecule is CC(C(=O)NC(CN1CCOCC1)c1ccc(-c2cccc(C(=O)N3CCCCC3)c2)cc1)N1C(=O)COc2cc(Cl)c(Cl)cc21. The summed E-state index contributed by atoms with van der Waals surface area (Å²) >= 11 is 12.5. The molecule has 1 N–H and O–H groups in total. The third-order valence-corrected chi connectivity index (χ3v) is 9.63. The van der Waals surface area contributed by atoms with Gasteiger partial charge < -0.3 is 19.7 Å². The van der Waals surface area contributed by atoms with E-state index in [1.54, 1.807) is 19.1 Å². The molecule has 3 amide bonds. The maximum atomic E-state index is 13.8. The molecule has 2 unspecified atom stereocenters. The van der Waals surface area contributed by atoms with Crippen LogP contribution in [0.25, 0.3) is 11.1 Å². The summed E-state index contributed by atoms with van der Waals surface area (Å²) in [5.41, 5.74) is 3.97. The van der Waals surface area contributed by atoms with E-state index in [9.17, 15) is 14.4 Å². The highest BCUT2D eigenvalue weighted by Crippen LogP contribution is 2.39. The number of nitrogens with one attached hydrogen (secondary N) is 1. The number of ether oxygens (including phenoxy) is 2. The number of piperidine rings is 1. The van der Waals surface area contributed by atoms with Crippen molar-refractivity contribution in [3.8, 4) is 16.9 Å². The van der Waals surface area contributed by atoms with Crippen molar-refractivity contribution in [3.63, 3.8) is 0 Å². The normalized spacial score (nSPS) is 18.4. The molecule has 0 aliphatic carbocycles. The minimum absolute atomic E-state index is 0.0762. The van der Waals surface area contributed by atoms with E-state index in [4.69, 9.17) is 32.7 Å². The zero-order chi connectivity index (χ0) is 32.2. The molecule has 3 heterocycles. The minimum Gasteiger partial charge on any atom is -0.482 e. The monoisotopic (exact) mass is 664 g/mol. The highest BCUT2D eigenvalue weighted by Gasteiger charge is 2.35. The molecule has 3 aliphatic rings. The van der Waals surface area contributed by atoms with Crippen molar-refractivity contribution >= 4 is 46.6 Å². The van der Waals surface area contributed by atoms with Gasteiger partial charge in [-0.15, -0.1) is 0 Å². The maximum Gasteiger partial charge on any atom is 0.265 e. The first-order valence-electron chi connectivity index (χ1n) is 15.8. The van der Waals surface area contributed by atoms with Crippen LogP contribution in [0, 0.1) is 0 Å². The number of amides is 3. The average molecular weight is 666 g/mol. The standard InChI is InChI=1S/C35H38Cl2N4O5/c1-23(41-31-19-28(36)29(37)20-32(31)46-22-33(41)42)34(43)38-30(21-39-14-16-45-17-15-39)25-10-8-24(9-11-25)26-6-5-7-27(18-26)35(44)40-12-3-2-4-13-40/h5-11,18-20,23,30H,2-4,12-17,21-22H2,1H3,(H,38,43). The Morgan fingerprint density at radius 1 is 0.891 bits per heavy atom. The Morgan fingerprint density at radius 3 is 2.35 bits per heavy atom. The molecule has 2 saturated heterocycles. The summed E-state index contributed by atoms with van der Waals surface area (Å²) in [5.74, 6) is -0.176. The van der Waals surface area contributed by atoms with Crippen LogP contribution >= 0.6 is 23.2 Å². The number of anilines is 1. The van der Waals surface area contributed by atoms with Gasteiger partial charge in [-0.2, -0.15) is 0 Å². The molecule has 9 nitrogen and oxygen atoms in total.